The average molecular weight is 393 g/mol. The van der Waals surface area contributed by atoms with E-state index >= 15 is 0 Å². The van der Waals surface area contributed by atoms with Crippen molar-refractivity contribution in [1.29, 1.82) is 0 Å². The molecule has 0 saturated carbocycles. The van der Waals surface area contributed by atoms with Crippen molar-refractivity contribution in [2.75, 3.05) is 11.9 Å². The van der Waals surface area contributed by atoms with E-state index in [-0.39, 0.29) is 18.3 Å². The summed E-state index contributed by atoms with van der Waals surface area (Å²) in [5, 5.41) is 13.3. The maximum atomic E-state index is 12.2. The standard InChI is InChI=1S/C20H22F3N3O2/c21-20(22,23)28-15-10-8-14(9-11-15)18(27)12-25-19(24)26-17-7-3-5-13-4-1-2-6-16(13)17/h3,5,7-11,18,27H,1-2,4,6,12H2,(H3,24,25,26). The fourth-order valence-electron chi connectivity index (χ4n) is 3.26. The normalized spacial score (nSPS) is 15.6. The number of aliphatic hydroxyl groups excluding tert-OH is 1. The maximum Gasteiger partial charge on any atom is 0.573 e. The van der Waals surface area contributed by atoms with Crippen LogP contribution >= 0.6 is 0 Å². The highest BCUT2D eigenvalue weighted by Gasteiger charge is 2.31. The van der Waals surface area contributed by atoms with Crippen LogP contribution in [0.4, 0.5) is 18.9 Å². The molecule has 0 bridgehead atoms. The summed E-state index contributed by atoms with van der Waals surface area (Å²) in [6.45, 7) is -0.0205. The number of aryl methyl sites for hydroxylation is 1. The predicted octanol–water partition coefficient (Wildman–Crippen LogP) is 3.92. The number of hydrogen-bond donors (Lipinski definition) is 3. The molecule has 0 saturated heterocycles. The first kappa shape index (κ1) is 20.0. The number of rotatable bonds is 5. The third-order valence-electron chi connectivity index (χ3n) is 4.59. The van der Waals surface area contributed by atoms with Crippen LogP contribution in [0.1, 0.15) is 35.6 Å². The summed E-state index contributed by atoms with van der Waals surface area (Å²) >= 11 is 0. The zero-order valence-corrected chi connectivity index (χ0v) is 15.2. The number of guanidine groups is 1. The molecule has 5 nitrogen and oxygen atoms in total. The van der Waals surface area contributed by atoms with Crippen LogP contribution in [-0.4, -0.2) is 24.0 Å². The Morgan fingerprint density at radius 2 is 1.86 bits per heavy atom. The second-order valence-corrected chi connectivity index (χ2v) is 6.63. The number of nitrogens with zero attached hydrogens (tertiary/aromatic N) is 1. The maximum absolute atomic E-state index is 12.2. The number of aliphatic imine (C=N–C) groups is 1. The summed E-state index contributed by atoms with van der Waals surface area (Å²) in [5.74, 6) is -0.169. The van der Waals surface area contributed by atoms with Gasteiger partial charge in [0.15, 0.2) is 5.96 Å². The molecule has 2 aromatic carbocycles. The fraction of sp³-hybridized carbons (Fsp3) is 0.350. The second kappa shape index (κ2) is 8.52. The number of hydrogen-bond acceptors (Lipinski definition) is 3. The van der Waals surface area contributed by atoms with Gasteiger partial charge < -0.3 is 20.9 Å². The topological polar surface area (TPSA) is 79.9 Å². The molecule has 8 heteroatoms. The molecular weight excluding hydrogens is 371 g/mol. The van der Waals surface area contributed by atoms with E-state index in [1.165, 1.54) is 29.7 Å². The highest BCUT2D eigenvalue weighted by Crippen LogP contribution is 2.28. The van der Waals surface area contributed by atoms with Gasteiger partial charge in [0, 0.05) is 5.69 Å². The second-order valence-electron chi connectivity index (χ2n) is 6.63. The Bertz CT molecular complexity index is 836. The van der Waals surface area contributed by atoms with Gasteiger partial charge in [-0.15, -0.1) is 13.2 Å². The van der Waals surface area contributed by atoms with Crippen molar-refractivity contribution in [3.63, 3.8) is 0 Å². The molecule has 0 aromatic heterocycles. The van der Waals surface area contributed by atoms with Gasteiger partial charge in [0.1, 0.15) is 5.75 Å². The van der Waals surface area contributed by atoms with E-state index in [1.54, 1.807) is 0 Å². The van der Waals surface area contributed by atoms with Crippen molar-refractivity contribution in [2.45, 2.75) is 38.1 Å². The molecule has 4 N–H and O–H groups in total. The zero-order chi connectivity index (χ0) is 20.1. The van der Waals surface area contributed by atoms with Crippen molar-refractivity contribution in [1.82, 2.24) is 0 Å². The quantitative estimate of drug-likeness (QED) is 0.531. The number of aliphatic hydroxyl groups is 1. The van der Waals surface area contributed by atoms with Gasteiger partial charge in [-0.3, -0.25) is 4.99 Å². The van der Waals surface area contributed by atoms with E-state index in [4.69, 9.17) is 5.73 Å². The lowest BCUT2D eigenvalue weighted by atomic mass is 9.90. The Labute approximate surface area is 161 Å². The van der Waals surface area contributed by atoms with Crippen molar-refractivity contribution in [3.05, 3.63) is 59.2 Å². The molecule has 1 aliphatic rings. The van der Waals surface area contributed by atoms with Gasteiger partial charge in [0.05, 0.1) is 12.6 Å². The minimum Gasteiger partial charge on any atom is -0.406 e. The Morgan fingerprint density at radius 3 is 2.57 bits per heavy atom. The van der Waals surface area contributed by atoms with Gasteiger partial charge in [-0.05, 0) is 60.6 Å². The van der Waals surface area contributed by atoms with Crippen molar-refractivity contribution in [2.24, 2.45) is 10.7 Å². The number of anilines is 1. The predicted molar refractivity (Wildman–Crippen MR) is 101 cm³/mol. The number of nitrogens with one attached hydrogen (secondary N) is 1. The number of benzene rings is 2. The highest BCUT2D eigenvalue weighted by molar-refractivity contribution is 5.93. The minimum absolute atomic E-state index is 0.0205. The summed E-state index contributed by atoms with van der Waals surface area (Å²) in [6, 6.07) is 11.0. The molecule has 0 radical (unpaired) electrons. The molecule has 1 atom stereocenters. The van der Waals surface area contributed by atoms with Crippen LogP contribution in [0.15, 0.2) is 47.5 Å². The lowest BCUT2D eigenvalue weighted by Gasteiger charge is -2.20. The van der Waals surface area contributed by atoms with E-state index in [0.29, 0.717) is 5.56 Å². The molecular formula is C20H22F3N3O2. The number of halogens is 3. The Balaban J connectivity index is 1.60. The molecule has 0 aliphatic heterocycles. The lowest BCUT2D eigenvalue weighted by Crippen LogP contribution is -2.25. The van der Waals surface area contributed by atoms with Gasteiger partial charge >= 0.3 is 6.36 Å². The zero-order valence-electron chi connectivity index (χ0n) is 15.2. The first-order chi connectivity index (χ1) is 13.3. The number of fused-ring (bicyclic) bond motifs is 1. The molecule has 28 heavy (non-hydrogen) atoms. The third-order valence-corrected chi connectivity index (χ3v) is 4.59. The molecule has 0 fully saturated rings. The Morgan fingerprint density at radius 1 is 1.14 bits per heavy atom. The highest BCUT2D eigenvalue weighted by atomic mass is 19.4. The molecule has 2 aromatic rings. The number of ether oxygens (including phenoxy) is 1. The number of nitrogens with two attached hydrogens (primary N) is 1. The molecule has 0 heterocycles. The molecule has 0 amide bonds. The monoisotopic (exact) mass is 393 g/mol. The molecule has 0 spiro atoms. The van der Waals surface area contributed by atoms with E-state index in [9.17, 15) is 18.3 Å². The Kier molecular flexibility index (Phi) is 6.08. The summed E-state index contributed by atoms with van der Waals surface area (Å²) in [7, 11) is 0. The van der Waals surface area contributed by atoms with Crippen LogP contribution < -0.4 is 15.8 Å². The van der Waals surface area contributed by atoms with Crippen LogP contribution in [-0.2, 0) is 12.8 Å². The first-order valence-corrected chi connectivity index (χ1v) is 9.03. The first-order valence-electron chi connectivity index (χ1n) is 9.03. The van der Waals surface area contributed by atoms with E-state index in [0.717, 1.165) is 37.1 Å². The lowest BCUT2D eigenvalue weighted by molar-refractivity contribution is -0.274. The molecule has 3 rings (SSSR count). The van der Waals surface area contributed by atoms with Crippen molar-refractivity contribution in [3.8, 4) is 5.75 Å². The molecule has 1 aliphatic carbocycles. The van der Waals surface area contributed by atoms with Gasteiger partial charge in [-0.2, -0.15) is 0 Å². The van der Waals surface area contributed by atoms with Gasteiger partial charge in [-0.1, -0.05) is 24.3 Å². The van der Waals surface area contributed by atoms with Crippen molar-refractivity contribution >= 4 is 11.6 Å². The van der Waals surface area contributed by atoms with E-state index in [2.05, 4.69) is 21.1 Å². The SMILES string of the molecule is NC(=NCC(O)c1ccc(OC(F)(F)F)cc1)Nc1cccc2c1CCCC2. The molecule has 150 valence electrons. The van der Waals surface area contributed by atoms with Crippen LogP contribution in [0.2, 0.25) is 0 Å². The minimum atomic E-state index is -4.75. The molecule has 1 unspecified atom stereocenters. The van der Waals surface area contributed by atoms with Crippen LogP contribution in [0.25, 0.3) is 0 Å². The summed E-state index contributed by atoms with van der Waals surface area (Å²) in [6.07, 6.45) is -1.39. The van der Waals surface area contributed by atoms with Crippen molar-refractivity contribution < 1.29 is 23.0 Å². The summed E-state index contributed by atoms with van der Waals surface area (Å²) in [5.41, 5.74) is 9.83. The average Bonchev–Trinajstić information content (AvgIpc) is 2.66. The van der Waals surface area contributed by atoms with Gasteiger partial charge in [0.2, 0.25) is 0 Å². The van der Waals surface area contributed by atoms with Crippen LogP contribution in [0.3, 0.4) is 0 Å². The van der Waals surface area contributed by atoms with Gasteiger partial charge in [-0.25, -0.2) is 0 Å². The smallest absolute Gasteiger partial charge is 0.406 e. The summed E-state index contributed by atoms with van der Waals surface area (Å²) in [4.78, 5) is 4.15. The van der Waals surface area contributed by atoms with Gasteiger partial charge in [0.25, 0.3) is 0 Å². The number of alkyl halides is 3. The van der Waals surface area contributed by atoms with E-state index < -0.39 is 12.5 Å². The summed E-state index contributed by atoms with van der Waals surface area (Å²) < 4.78 is 40.4. The fourth-order valence-corrected chi connectivity index (χ4v) is 3.26. The van der Waals surface area contributed by atoms with E-state index in [1.807, 2.05) is 12.1 Å². The largest absolute Gasteiger partial charge is 0.573 e. The third kappa shape index (κ3) is 5.39. The van der Waals surface area contributed by atoms with Crippen LogP contribution in [0.5, 0.6) is 5.75 Å². The Hall–Kier alpha value is -2.74. The van der Waals surface area contributed by atoms with Crippen LogP contribution in [0, 0.1) is 0 Å².